The van der Waals surface area contributed by atoms with Crippen LogP contribution >= 0.6 is 0 Å². The second kappa shape index (κ2) is 5.10. The lowest BCUT2D eigenvalue weighted by atomic mass is 9.82. The second-order valence-electron chi connectivity index (χ2n) is 5.24. The van der Waals surface area contributed by atoms with Gasteiger partial charge in [-0.15, -0.1) is 0 Å². The average Bonchev–Trinajstić information content (AvgIpc) is 2.79. The molecular formula is C17H18N2O. The molecule has 2 aromatic rings. The van der Waals surface area contributed by atoms with Gasteiger partial charge in [0.2, 0.25) is 5.91 Å². The van der Waals surface area contributed by atoms with Crippen molar-refractivity contribution in [2.75, 3.05) is 6.54 Å². The zero-order valence-electron chi connectivity index (χ0n) is 11.3. The van der Waals surface area contributed by atoms with Crippen LogP contribution in [0.3, 0.4) is 0 Å². The van der Waals surface area contributed by atoms with E-state index in [1.54, 1.807) is 0 Å². The zero-order valence-corrected chi connectivity index (χ0v) is 11.3. The normalized spacial score (nSPS) is 14.7. The van der Waals surface area contributed by atoms with Gasteiger partial charge in [0.25, 0.3) is 0 Å². The van der Waals surface area contributed by atoms with Crippen LogP contribution in [0.15, 0.2) is 48.5 Å². The number of hydrogen-bond acceptors (Lipinski definition) is 2. The van der Waals surface area contributed by atoms with E-state index >= 15 is 0 Å². The Kier molecular flexibility index (Phi) is 3.28. The van der Waals surface area contributed by atoms with Gasteiger partial charge in [0, 0.05) is 11.8 Å². The zero-order chi connectivity index (χ0) is 14.1. The third-order valence-corrected chi connectivity index (χ3v) is 4.13. The van der Waals surface area contributed by atoms with Gasteiger partial charge in [-0.1, -0.05) is 48.5 Å². The number of benzene rings is 2. The second-order valence-corrected chi connectivity index (χ2v) is 5.24. The minimum absolute atomic E-state index is 0.0310. The van der Waals surface area contributed by atoms with E-state index in [1.165, 1.54) is 22.3 Å². The van der Waals surface area contributed by atoms with Gasteiger partial charge in [-0.05, 0) is 35.2 Å². The van der Waals surface area contributed by atoms with Gasteiger partial charge >= 0.3 is 0 Å². The molecule has 2 aromatic carbocycles. The fourth-order valence-electron chi connectivity index (χ4n) is 3.28. The van der Waals surface area contributed by atoms with Crippen LogP contribution in [-0.2, 0) is 4.79 Å². The van der Waals surface area contributed by atoms with Crippen molar-refractivity contribution in [2.24, 2.45) is 17.4 Å². The Morgan fingerprint density at radius 3 is 1.95 bits per heavy atom. The summed E-state index contributed by atoms with van der Waals surface area (Å²) in [5, 5.41) is 0. The number of carbonyl (C=O) groups is 1. The van der Waals surface area contributed by atoms with Gasteiger partial charge in [-0.3, -0.25) is 4.79 Å². The third kappa shape index (κ3) is 1.91. The Bertz CT molecular complexity index is 605. The molecule has 3 rings (SSSR count). The Labute approximate surface area is 118 Å². The fraction of sp³-hybridized carbons (Fsp3) is 0.235. The van der Waals surface area contributed by atoms with Gasteiger partial charge in [0.05, 0.1) is 0 Å². The molecule has 0 aliphatic heterocycles. The number of amides is 1. The molecule has 3 heteroatoms. The van der Waals surface area contributed by atoms with Crippen molar-refractivity contribution in [2.45, 2.75) is 12.3 Å². The predicted octanol–water partition coefficient (Wildman–Crippen LogP) is 2.25. The van der Waals surface area contributed by atoms with Crippen LogP contribution in [0.2, 0.25) is 0 Å². The third-order valence-electron chi connectivity index (χ3n) is 4.13. The lowest BCUT2D eigenvalue weighted by Gasteiger charge is -2.22. The van der Waals surface area contributed by atoms with E-state index in [2.05, 4.69) is 24.3 Å². The standard InChI is InChI=1S/C17H18N2O/c18-10-9-15(17(19)20)16-13-7-3-1-5-11(13)12-6-2-4-8-14(12)16/h1-8,15-16H,9-10,18H2,(H2,19,20). The minimum Gasteiger partial charge on any atom is -0.369 e. The molecule has 0 saturated heterocycles. The Balaban J connectivity index is 2.17. The van der Waals surface area contributed by atoms with Crippen molar-refractivity contribution in [3.05, 3.63) is 59.7 Å². The highest BCUT2D eigenvalue weighted by molar-refractivity contribution is 5.85. The van der Waals surface area contributed by atoms with Gasteiger partial charge in [-0.2, -0.15) is 0 Å². The summed E-state index contributed by atoms with van der Waals surface area (Å²) >= 11 is 0. The summed E-state index contributed by atoms with van der Waals surface area (Å²) in [5.41, 5.74) is 16.1. The molecule has 4 N–H and O–H groups in total. The van der Waals surface area contributed by atoms with E-state index in [0.29, 0.717) is 13.0 Å². The minimum atomic E-state index is -0.271. The molecule has 0 fully saturated rings. The molecule has 102 valence electrons. The number of hydrogen-bond donors (Lipinski definition) is 2. The van der Waals surface area contributed by atoms with Crippen LogP contribution in [-0.4, -0.2) is 12.5 Å². The van der Waals surface area contributed by atoms with Crippen molar-refractivity contribution in [1.82, 2.24) is 0 Å². The summed E-state index contributed by atoms with van der Waals surface area (Å²) in [7, 11) is 0. The largest absolute Gasteiger partial charge is 0.369 e. The van der Waals surface area contributed by atoms with Crippen LogP contribution in [0.1, 0.15) is 23.5 Å². The monoisotopic (exact) mass is 266 g/mol. The highest BCUT2D eigenvalue weighted by atomic mass is 16.1. The number of primary amides is 1. The topological polar surface area (TPSA) is 69.1 Å². The lowest BCUT2D eigenvalue weighted by Crippen LogP contribution is -2.30. The van der Waals surface area contributed by atoms with Gasteiger partial charge in [0.15, 0.2) is 0 Å². The summed E-state index contributed by atoms with van der Waals surface area (Å²) in [6.45, 7) is 0.467. The number of fused-ring (bicyclic) bond motifs is 3. The van der Waals surface area contributed by atoms with Crippen LogP contribution < -0.4 is 11.5 Å². The summed E-state index contributed by atoms with van der Waals surface area (Å²) < 4.78 is 0. The van der Waals surface area contributed by atoms with Crippen molar-refractivity contribution in [3.63, 3.8) is 0 Å². The molecular weight excluding hydrogens is 248 g/mol. The molecule has 1 aliphatic carbocycles. The lowest BCUT2D eigenvalue weighted by molar-refractivity contribution is -0.122. The quantitative estimate of drug-likeness (QED) is 0.891. The van der Waals surface area contributed by atoms with E-state index in [4.69, 9.17) is 11.5 Å². The smallest absolute Gasteiger partial charge is 0.221 e. The number of rotatable bonds is 4. The first-order valence-electron chi connectivity index (χ1n) is 6.91. The van der Waals surface area contributed by atoms with Gasteiger partial charge < -0.3 is 11.5 Å². The summed E-state index contributed by atoms with van der Waals surface area (Å²) in [6, 6.07) is 16.5. The Morgan fingerprint density at radius 1 is 1.00 bits per heavy atom. The molecule has 1 atom stereocenters. The predicted molar refractivity (Wildman–Crippen MR) is 80.1 cm³/mol. The van der Waals surface area contributed by atoms with Crippen LogP contribution in [0.5, 0.6) is 0 Å². The molecule has 0 aromatic heterocycles. The van der Waals surface area contributed by atoms with Gasteiger partial charge in [-0.25, -0.2) is 0 Å². The first-order valence-corrected chi connectivity index (χ1v) is 6.91. The molecule has 0 bridgehead atoms. The number of carbonyl (C=O) groups excluding carboxylic acids is 1. The highest BCUT2D eigenvalue weighted by Gasteiger charge is 2.36. The van der Waals surface area contributed by atoms with Crippen molar-refractivity contribution in [3.8, 4) is 11.1 Å². The first-order chi connectivity index (χ1) is 9.74. The first kappa shape index (κ1) is 12.9. The van der Waals surface area contributed by atoms with Crippen molar-refractivity contribution >= 4 is 5.91 Å². The maximum absolute atomic E-state index is 11.9. The van der Waals surface area contributed by atoms with E-state index in [-0.39, 0.29) is 17.7 Å². The van der Waals surface area contributed by atoms with Crippen molar-refractivity contribution < 1.29 is 4.79 Å². The molecule has 0 saturated carbocycles. The molecule has 1 aliphatic rings. The van der Waals surface area contributed by atoms with E-state index < -0.39 is 0 Å². The SMILES string of the molecule is NCCC(C(N)=O)C1c2ccccc2-c2ccccc21. The molecule has 1 unspecified atom stereocenters. The summed E-state index contributed by atoms with van der Waals surface area (Å²) in [4.78, 5) is 11.9. The molecule has 3 nitrogen and oxygen atoms in total. The molecule has 0 spiro atoms. The maximum atomic E-state index is 11.9. The number of nitrogens with two attached hydrogens (primary N) is 2. The van der Waals surface area contributed by atoms with E-state index in [1.807, 2.05) is 24.3 Å². The van der Waals surface area contributed by atoms with Crippen LogP contribution in [0.4, 0.5) is 0 Å². The average molecular weight is 266 g/mol. The van der Waals surface area contributed by atoms with Crippen LogP contribution in [0.25, 0.3) is 11.1 Å². The summed E-state index contributed by atoms with van der Waals surface area (Å²) in [6.07, 6.45) is 0.614. The molecule has 20 heavy (non-hydrogen) atoms. The van der Waals surface area contributed by atoms with Gasteiger partial charge in [0.1, 0.15) is 0 Å². The highest BCUT2D eigenvalue weighted by Crippen LogP contribution is 2.48. The van der Waals surface area contributed by atoms with E-state index in [9.17, 15) is 4.79 Å². The van der Waals surface area contributed by atoms with Crippen molar-refractivity contribution in [1.29, 1.82) is 0 Å². The van der Waals surface area contributed by atoms with E-state index in [0.717, 1.165) is 0 Å². The molecule has 1 amide bonds. The maximum Gasteiger partial charge on any atom is 0.221 e. The molecule has 0 radical (unpaired) electrons. The Morgan fingerprint density at radius 2 is 1.50 bits per heavy atom. The Hall–Kier alpha value is -2.13. The fourth-order valence-corrected chi connectivity index (χ4v) is 3.28. The molecule has 0 heterocycles. The summed E-state index contributed by atoms with van der Waals surface area (Å²) in [5.74, 6) is -0.486. The van der Waals surface area contributed by atoms with Crippen LogP contribution in [0, 0.1) is 5.92 Å².